The van der Waals surface area contributed by atoms with Crippen molar-refractivity contribution in [3.63, 3.8) is 0 Å². The van der Waals surface area contributed by atoms with E-state index in [2.05, 4.69) is 5.10 Å². The largest absolute Gasteiger partial charge is 0.503 e. The number of aryl methyl sites for hydroxylation is 1. The third-order valence-corrected chi connectivity index (χ3v) is 3.27. The van der Waals surface area contributed by atoms with Gasteiger partial charge in [0, 0.05) is 19.5 Å². The maximum absolute atomic E-state index is 11.2. The van der Waals surface area contributed by atoms with E-state index in [4.69, 9.17) is 10.00 Å². The van der Waals surface area contributed by atoms with Gasteiger partial charge in [-0.05, 0) is 0 Å². The zero-order valence-corrected chi connectivity index (χ0v) is 11.9. The summed E-state index contributed by atoms with van der Waals surface area (Å²) in [6, 6.07) is 11.2. The lowest BCUT2D eigenvalue weighted by Crippen LogP contribution is -2.05. The standard InChI is InChI=1S/C15H12N4O3/c1-9(20)22-15-11(8-16)12(21)14-18(2)13(17-19(14)15)10-6-4-3-5-7-10/h3-7,21H,1-2H3. The zero-order valence-electron chi connectivity index (χ0n) is 11.9. The molecule has 0 radical (unpaired) electrons. The van der Waals surface area contributed by atoms with Gasteiger partial charge in [-0.2, -0.15) is 9.78 Å². The van der Waals surface area contributed by atoms with E-state index in [-0.39, 0.29) is 22.8 Å². The molecule has 3 rings (SSSR count). The minimum Gasteiger partial charge on any atom is -0.503 e. The van der Waals surface area contributed by atoms with Crippen molar-refractivity contribution in [3.8, 4) is 29.1 Å². The van der Waals surface area contributed by atoms with Crippen LogP contribution in [0.5, 0.6) is 11.6 Å². The summed E-state index contributed by atoms with van der Waals surface area (Å²) >= 11 is 0. The lowest BCUT2D eigenvalue weighted by molar-refractivity contribution is -0.132. The van der Waals surface area contributed by atoms with Gasteiger partial charge >= 0.3 is 5.97 Å². The van der Waals surface area contributed by atoms with Crippen LogP contribution in [0.4, 0.5) is 0 Å². The fourth-order valence-electron chi connectivity index (χ4n) is 2.34. The summed E-state index contributed by atoms with van der Waals surface area (Å²) in [5.74, 6) is -0.372. The molecule has 0 aliphatic rings. The van der Waals surface area contributed by atoms with Crippen LogP contribution in [0.15, 0.2) is 30.3 Å². The van der Waals surface area contributed by atoms with Crippen LogP contribution < -0.4 is 4.74 Å². The molecule has 0 bridgehead atoms. The number of esters is 1. The maximum Gasteiger partial charge on any atom is 0.309 e. The topological polar surface area (TPSA) is 92.5 Å². The molecule has 0 saturated carbocycles. The van der Waals surface area contributed by atoms with Crippen LogP contribution in [0.25, 0.3) is 17.0 Å². The van der Waals surface area contributed by atoms with E-state index in [0.717, 1.165) is 5.56 Å². The van der Waals surface area contributed by atoms with Crippen LogP contribution >= 0.6 is 0 Å². The molecule has 0 aliphatic carbocycles. The number of hydrogen-bond acceptors (Lipinski definition) is 5. The fourth-order valence-corrected chi connectivity index (χ4v) is 2.34. The molecule has 3 aromatic rings. The third-order valence-electron chi connectivity index (χ3n) is 3.27. The van der Waals surface area contributed by atoms with E-state index < -0.39 is 5.97 Å². The van der Waals surface area contributed by atoms with Crippen molar-refractivity contribution in [2.75, 3.05) is 0 Å². The molecule has 0 spiro atoms. The van der Waals surface area contributed by atoms with Gasteiger partial charge in [-0.25, -0.2) is 0 Å². The first-order chi connectivity index (χ1) is 10.5. The number of aromatic nitrogens is 3. The SMILES string of the molecule is CC(=O)Oc1c(C#N)c(O)c2n(C)c(-c3ccccc3)nn12. The normalized spacial score (nSPS) is 10.6. The average molecular weight is 296 g/mol. The predicted molar refractivity (Wildman–Crippen MR) is 77.3 cm³/mol. The first-order valence-corrected chi connectivity index (χ1v) is 6.49. The highest BCUT2D eigenvalue weighted by atomic mass is 16.5. The first-order valence-electron chi connectivity index (χ1n) is 6.49. The van der Waals surface area contributed by atoms with Gasteiger partial charge in [-0.1, -0.05) is 30.3 Å². The van der Waals surface area contributed by atoms with Crippen LogP contribution in [-0.2, 0) is 11.8 Å². The molecule has 22 heavy (non-hydrogen) atoms. The zero-order chi connectivity index (χ0) is 15.9. The van der Waals surface area contributed by atoms with E-state index in [1.165, 1.54) is 11.4 Å². The van der Waals surface area contributed by atoms with Gasteiger partial charge in [0.15, 0.2) is 22.8 Å². The van der Waals surface area contributed by atoms with E-state index >= 15 is 0 Å². The highest BCUT2D eigenvalue weighted by molar-refractivity contribution is 5.76. The van der Waals surface area contributed by atoms with E-state index in [1.807, 2.05) is 36.4 Å². The number of hydrogen-bond donors (Lipinski definition) is 1. The van der Waals surface area contributed by atoms with Crippen molar-refractivity contribution in [1.29, 1.82) is 5.26 Å². The summed E-state index contributed by atoms with van der Waals surface area (Å²) in [4.78, 5) is 11.2. The molecule has 7 nitrogen and oxygen atoms in total. The van der Waals surface area contributed by atoms with Crippen molar-refractivity contribution in [2.24, 2.45) is 7.05 Å². The van der Waals surface area contributed by atoms with Crippen molar-refractivity contribution in [1.82, 2.24) is 14.2 Å². The Morgan fingerprint density at radius 3 is 2.64 bits per heavy atom. The minimum atomic E-state index is -0.595. The van der Waals surface area contributed by atoms with Crippen LogP contribution in [0.2, 0.25) is 0 Å². The number of rotatable bonds is 2. The molecule has 2 heterocycles. The molecule has 0 aliphatic heterocycles. The highest BCUT2D eigenvalue weighted by Gasteiger charge is 2.26. The maximum atomic E-state index is 11.2. The Hall–Kier alpha value is -3.27. The molecule has 0 amide bonds. The highest BCUT2D eigenvalue weighted by Crippen LogP contribution is 2.36. The van der Waals surface area contributed by atoms with Gasteiger partial charge in [0.05, 0.1) is 0 Å². The second-order valence-electron chi connectivity index (χ2n) is 4.72. The van der Waals surface area contributed by atoms with Gasteiger partial charge in [0.2, 0.25) is 5.88 Å². The fraction of sp³-hybridized carbons (Fsp3) is 0.133. The predicted octanol–water partition coefficient (Wildman–Crippen LogP) is 1.84. The monoisotopic (exact) mass is 296 g/mol. The summed E-state index contributed by atoms with van der Waals surface area (Å²) in [6.07, 6.45) is 0. The quantitative estimate of drug-likeness (QED) is 0.728. The smallest absolute Gasteiger partial charge is 0.309 e. The van der Waals surface area contributed by atoms with Gasteiger partial charge in [0.1, 0.15) is 6.07 Å². The Balaban J connectivity index is 2.32. The van der Waals surface area contributed by atoms with Gasteiger partial charge < -0.3 is 14.4 Å². The van der Waals surface area contributed by atoms with Crippen molar-refractivity contribution >= 4 is 11.6 Å². The summed E-state index contributed by atoms with van der Waals surface area (Å²) in [5, 5.41) is 23.7. The van der Waals surface area contributed by atoms with Gasteiger partial charge in [-0.3, -0.25) is 4.79 Å². The van der Waals surface area contributed by atoms with E-state index in [1.54, 1.807) is 11.6 Å². The lowest BCUT2D eigenvalue weighted by Gasteiger charge is -2.01. The molecule has 110 valence electrons. The molecule has 0 fully saturated rings. The number of carbonyl (C=O) groups is 1. The van der Waals surface area contributed by atoms with E-state index in [0.29, 0.717) is 5.82 Å². The average Bonchev–Trinajstić information content (AvgIpc) is 2.96. The molecule has 0 unspecified atom stereocenters. The number of nitrogens with zero attached hydrogens (tertiary/aromatic N) is 4. The third kappa shape index (κ3) is 1.90. The van der Waals surface area contributed by atoms with Crippen LogP contribution in [0.3, 0.4) is 0 Å². The summed E-state index contributed by atoms with van der Waals surface area (Å²) in [7, 11) is 1.71. The molecule has 7 heteroatoms. The summed E-state index contributed by atoms with van der Waals surface area (Å²) in [6.45, 7) is 1.22. The van der Waals surface area contributed by atoms with Crippen LogP contribution in [0, 0.1) is 11.3 Å². The molecular formula is C15H12N4O3. The molecule has 1 aromatic carbocycles. The Morgan fingerprint density at radius 1 is 1.36 bits per heavy atom. The molecule has 2 aromatic heterocycles. The van der Waals surface area contributed by atoms with Gasteiger partial charge in [-0.15, -0.1) is 5.10 Å². The van der Waals surface area contributed by atoms with Crippen molar-refractivity contribution in [3.05, 3.63) is 35.9 Å². The number of nitriles is 1. The number of benzene rings is 1. The molecule has 1 N–H and O–H groups in total. The second kappa shape index (κ2) is 4.93. The number of carbonyl (C=O) groups excluding carboxylic acids is 1. The Morgan fingerprint density at radius 2 is 2.05 bits per heavy atom. The second-order valence-corrected chi connectivity index (χ2v) is 4.72. The summed E-state index contributed by atoms with van der Waals surface area (Å²) < 4.78 is 7.94. The number of fused-ring (bicyclic) bond motifs is 1. The molecule has 0 atom stereocenters. The number of aromatic hydroxyl groups is 1. The first kappa shape index (κ1) is 13.7. The Labute approximate surface area is 125 Å². The van der Waals surface area contributed by atoms with Crippen LogP contribution in [-0.4, -0.2) is 25.3 Å². The number of ether oxygens (including phenoxy) is 1. The van der Waals surface area contributed by atoms with Crippen molar-refractivity contribution < 1.29 is 14.6 Å². The van der Waals surface area contributed by atoms with Crippen molar-refractivity contribution in [2.45, 2.75) is 6.92 Å². The van der Waals surface area contributed by atoms with Gasteiger partial charge in [0.25, 0.3) is 0 Å². The minimum absolute atomic E-state index is 0.0831. The molecule has 0 saturated heterocycles. The van der Waals surface area contributed by atoms with E-state index in [9.17, 15) is 9.90 Å². The molecular weight excluding hydrogens is 284 g/mol. The summed E-state index contributed by atoms with van der Waals surface area (Å²) in [5.41, 5.74) is 1.000. The Kier molecular flexibility index (Phi) is 3.07. The Bertz CT molecular complexity index is 916. The lowest BCUT2D eigenvalue weighted by atomic mass is 10.2. The van der Waals surface area contributed by atoms with Crippen LogP contribution in [0.1, 0.15) is 12.5 Å².